The van der Waals surface area contributed by atoms with Crippen molar-refractivity contribution in [3.63, 3.8) is 0 Å². The first kappa shape index (κ1) is 14.4. The SMILES string of the molecule is COC1CCCC(OCCC(C)(N)C(=O)O)C1. The lowest BCUT2D eigenvalue weighted by Crippen LogP contribution is -2.46. The van der Waals surface area contributed by atoms with Gasteiger partial charge in [-0.3, -0.25) is 4.79 Å². The Hall–Kier alpha value is -0.650. The van der Waals surface area contributed by atoms with E-state index in [4.69, 9.17) is 20.3 Å². The molecule has 0 amide bonds. The molecular weight excluding hydrogens is 222 g/mol. The van der Waals surface area contributed by atoms with E-state index in [9.17, 15) is 4.79 Å². The van der Waals surface area contributed by atoms with Gasteiger partial charge in [-0.1, -0.05) is 0 Å². The highest BCUT2D eigenvalue weighted by Crippen LogP contribution is 2.23. The maximum Gasteiger partial charge on any atom is 0.323 e. The zero-order valence-corrected chi connectivity index (χ0v) is 10.6. The van der Waals surface area contributed by atoms with Crippen molar-refractivity contribution in [2.45, 2.75) is 56.8 Å². The Kier molecular flexibility index (Phi) is 5.36. The second kappa shape index (κ2) is 6.33. The average molecular weight is 245 g/mol. The van der Waals surface area contributed by atoms with E-state index in [1.54, 1.807) is 7.11 Å². The molecule has 1 saturated carbocycles. The molecule has 1 fully saturated rings. The van der Waals surface area contributed by atoms with Crippen LogP contribution < -0.4 is 5.73 Å². The third kappa shape index (κ3) is 4.61. The van der Waals surface area contributed by atoms with Crippen LogP contribution in [0.15, 0.2) is 0 Å². The molecule has 0 bridgehead atoms. The van der Waals surface area contributed by atoms with Crippen molar-refractivity contribution in [1.82, 2.24) is 0 Å². The molecule has 3 unspecified atom stereocenters. The van der Waals surface area contributed by atoms with Crippen LogP contribution in [0.2, 0.25) is 0 Å². The standard InChI is InChI=1S/C12H23NO4/c1-12(13,11(14)15)6-7-17-10-5-3-4-9(8-10)16-2/h9-10H,3-8,13H2,1-2H3,(H,14,15). The quantitative estimate of drug-likeness (QED) is 0.733. The van der Waals surface area contributed by atoms with Crippen LogP contribution in [0.25, 0.3) is 0 Å². The minimum Gasteiger partial charge on any atom is -0.480 e. The van der Waals surface area contributed by atoms with Crippen molar-refractivity contribution in [2.24, 2.45) is 5.73 Å². The summed E-state index contributed by atoms with van der Waals surface area (Å²) in [6.07, 6.45) is 4.88. The van der Waals surface area contributed by atoms with Crippen LogP contribution in [0.4, 0.5) is 0 Å². The topological polar surface area (TPSA) is 81.8 Å². The van der Waals surface area contributed by atoms with Crippen LogP contribution in [-0.2, 0) is 14.3 Å². The molecular formula is C12H23NO4. The predicted octanol–water partition coefficient (Wildman–Crippen LogP) is 1.15. The van der Waals surface area contributed by atoms with Gasteiger partial charge in [0.1, 0.15) is 5.54 Å². The van der Waals surface area contributed by atoms with Crippen molar-refractivity contribution in [3.8, 4) is 0 Å². The lowest BCUT2D eigenvalue weighted by Gasteiger charge is -2.29. The molecule has 0 spiro atoms. The van der Waals surface area contributed by atoms with E-state index in [1.807, 2.05) is 0 Å². The highest BCUT2D eigenvalue weighted by molar-refractivity contribution is 5.77. The van der Waals surface area contributed by atoms with Crippen LogP contribution in [0.5, 0.6) is 0 Å². The first-order chi connectivity index (χ1) is 7.95. The summed E-state index contributed by atoms with van der Waals surface area (Å²) in [5, 5.41) is 8.86. The predicted molar refractivity (Wildman–Crippen MR) is 63.9 cm³/mol. The van der Waals surface area contributed by atoms with Crippen molar-refractivity contribution < 1.29 is 19.4 Å². The number of hydrogen-bond acceptors (Lipinski definition) is 4. The van der Waals surface area contributed by atoms with Crippen LogP contribution in [0.1, 0.15) is 39.0 Å². The maximum atomic E-state index is 10.8. The van der Waals surface area contributed by atoms with Gasteiger partial charge in [0, 0.05) is 13.7 Å². The van der Waals surface area contributed by atoms with Gasteiger partial charge in [0.05, 0.1) is 12.2 Å². The molecule has 1 aliphatic rings. The van der Waals surface area contributed by atoms with Crippen molar-refractivity contribution in [1.29, 1.82) is 0 Å². The van der Waals surface area contributed by atoms with E-state index in [0.717, 1.165) is 25.7 Å². The van der Waals surface area contributed by atoms with Gasteiger partial charge in [0.25, 0.3) is 0 Å². The molecule has 3 N–H and O–H groups in total. The maximum absolute atomic E-state index is 10.8. The Morgan fingerprint density at radius 2 is 2.12 bits per heavy atom. The third-order valence-electron chi connectivity index (χ3n) is 3.37. The first-order valence-corrected chi connectivity index (χ1v) is 6.12. The summed E-state index contributed by atoms with van der Waals surface area (Å²) in [6, 6.07) is 0. The zero-order chi connectivity index (χ0) is 12.9. The van der Waals surface area contributed by atoms with Gasteiger partial charge < -0.3 is 20.3 Å². The fourth-order valence-corrected chi connectivity index (χ4v) is 2.01. The molecule has 0 radical (unpaired) electrons. The lowest BCUT2D eigenvalue weighted by molar-refractivity contribution is -0.143. The number of nitrogens with two attached hydrogens (primary N) is 1. The number of carboxylic acid groups (broad SMARTS) is 1. The molecule has 3 atom stereocenters. The van der Waals surface area contributed by atoms with Crippen LogP contribution in [0, 0.1) is 0 Å². The summed E-state index contributed by atoms with van der Waals surface area (Å²) in [7, 11) is 1.72. The van der Waals surface area contributed by atoms with Gasteiger partial charge in [-0.05, 0) is 39.0 Å². The van der Waals surface area contributed by atoms with E-state index in [2.05, 4.69) is 0 Å². The third-order valence-corrected chi connectivity index (χ3v) is 3.37. The number of carboxylic acids is 1. The monoisotopic (exact) mass is 245 g/mol. The second-order valence-electron chi connectivity index (χ2n) is 4.99. The molecule has 100 valence electrons. The summed E-state index contributed by atoms with van der Waals surface area (Å²) < 4.78 is 11.0. The first-order valence-electron chi connectivity index (χ1n) is 6.12. The van der Waals surface area contributed by atoms with E-state index in [1.165, 1.54) is 6.92 Å². The van der Waals surface area contributed by atoms with Crippen molar-refractivity contribution in [3.05, 3.63) is 0 Å². The smallest absolute Gasteiger partial charge is 0.323 e. The highest BCUT2D eigenvalue weighted by atomic mass is 16.5. The van der Waals surface area contributed by atoms with Gasteiger partial charge in [-0.15, -0.1) is 0 Å². The van der Waals surface area contributed by atoms with Gasteiger partial charge in [0.15, 0.2) is 0 Å². The number of methoxy groups -OCH3 is 1. The molecule has 0 heterocycles. The molecule has 0 aromatic rings. The fourth-order valence-electron chi connectivity index (χ4n) is 2.01. The Morgan fingerprint density at radius 1 is 1.47 bits per heavy atom. The summed E-state index contributed by atoms with van der Waals surface area (Å²) in [4.78, 5) is 10.8. The lowest BCUT2D eigenvalue weighted by atomic mass is 9.94. The molecule has 0 aliphatic heterocycles. The molecule has 5 nitrogen and oxygen atoms in total. The molecule has 17 heavy (non-hydrogen) atoms. The average Bonchev–Trinajstić information content (AvgIpc) is 2.29. The second-order valence-corrected chi connectivity index (χ2v) is 4.99. The van der Waals surface area contributed by atoms with Crippen LogP contribution in [0.3, 0.4) is 0 Å². The Balaban J connectivity index is 2.24. The Bertz CT molecular complexity index is 255. The number of carbonyl (C=O) groups is 1. The number of rotatable bonds is 6. The molecule has 1 rings (SSSR count). The Morgan fingerprint density at radius 3 is 2.71 bits per heavy atom. The molecule has 0 aromatic heterocycles. The summed E-state index contributed by atoms with van der Waals surface area (Å²) in [6.45, 7) is 1.90. The van der Waals surface area contributed by atoms with E-state index in [-0.39, 0.29) is 12.2 Å². The molecule has 0 saturated heterocycles. The zero-order valence-electron chi connectivity index (χ0n) is 10.6. The van der Waals surface area contributed by atoms with Crippen LogP contribution >= 0.6 is 0 Å². The normalized spacial score (nSPS) is 28.6. The van der Waals surface area contributed by atoms with Gasteiger partial charge in [-0.2, -0.15) is 0 Å². The molecule has 0 aromatic carbocycles. The molecule has 1 aliphatic carbocycles. The highest BCUT2D eigenvalue weighted by Gasteiger charge is 2.28. The van der Waals surface area contributed by atoms with E-state index < -0.39 is 11.5 Å². The van der Waals surface area contributed by atoms with E-state index >= 15 is 0 Å². The van der Waals surface area contributed by atoms with Crippen molar-refractivity contribution in [2.75, 3.05) is 13.7 Å². The minimum absolute atomic E-state index is 0.179. The van der Waals surface area contributed by atoms with Gasteiger partial charge >= 0.3 is 5.97 Å². The fraction of sp³-hybridized carbons (Fsp3) is 0.917. The number of ether oxygens (including phenoxy) is 2. The number of hydrogen-bond donors (Lipinski definition) is 2. The number of aliphatic carboxylic acids is 1. The summed E-state index contributed by atoms with van der Waals surface area (Å²) in [5.74, 6) is -0.987. The van der Waals surface area contributed by atoms with Crippen LogP contribution in [-0.4, -0.2) is 42.5 Å². The largest absolute Gasteiger partial charge is 0.480 e. The minimum atomic E-state index is -1.20. The summed E-state index contributed by atoms with van der Waals surface area (Å²) in [5.41, 5.74) is 4.43. The molecule has 5 heteroatoms. The van der Waals surface area contributed by atoms with Gasteiger partial charge in [0.2, 0.25) is 0 Å². The van der Waals surface area contributed by atoms with Gasteiger partial charge in [-0.25, -0.2) is 0 Å². The summed E-state index contributed by atoms with van der Waals surface area (Å²) >= 11 is 0. The van der Waals surface area contributed by atoms with E-state index in [0.29, 0.717) is 13.0 Å². The Labute approximate surface area is 102 Å². The van der Waals surface area contributed by atoms with Crippen molar-refractivity contribution >= 4 is 5.97 Å².